The van der Waals surface area contributed by atoms with Gasteiger partial charge in [-0.25, -0.2) is 0 Å². The lowest BCUT2D eigenvalue weighted by Crippen LogP contribution is -2.48. The maximum absolute atomic E-state index is 12.4. The van der Waals surface area contributed by atoms with E-state index in [1.54, 1.807) is 7.11 Å². The second kappa shape index (κ2) is 6.97. The van der Waals surface area contributed by atoms with E-state index in [0.29, 0.717) is 25.0 Å². The molecule has 0 aromatic carbocycles. The van der Waals surface area contributed by atoms with Gasteiger partial charge >= 0.3 is 0 Å². The van der Waals surface area contributed by atoms with Gasteiger partial charge in [0.15, 0.2) is 0 Å². The Balaban J connectivity index is 2.57. The molecule has 17 heavy (non-hydrogen) atoms. The number of nitrogens with one attached hydrogen (secondary N) is 1. The molecule has 2 atom stereocenters. The van der Waals surface area contributed by atoms with Crippen molar-refractivity contribution in [3.05, 3.63) is 0 Å². The Labute approximate surface area is 105 Å². The van der Waals surface area contributed by atoms with Crippen molar-refractivity contribution in [1.82, 2.24) is 10.2 Å². The van der Waals surface area contributed by atoms with E-state index >= 15 is 0 Å². The Kier molecular flexibility index (Phi) is 5.92. The summed E-state index contributed by atoms with van der Waals surface area (Å²) in [4.78, 5) is 14.3. The number of nitrogens with zero attached hydrogens (tertiary/aromatic N) is 1. The zero-order valence-corrected chi connectivity index (χ0v) is 11.5. The molecule has 0 saturated carbocycles. The molecule has 0 aliphatic carbocycles. The minimum Gasteiger partial charge on any atom is -0.383 e. The van der Waals surface area contributed by atoms with Crippen LogP contribution in [-0.2, 0) is 9.53 Å². The third-order valence-electron chi connectivity index (χ3n) is 3.26. The molecule has 1 fully saturated rings. The molecule has 0 aromatic heterocycles. The summed E-state index contributed by atoms with van der Waals surface area (Å²) >= 11 is 0. The highest BCUT2D eigenvalue weighted by Crippen LogP contribution is 2.17. The van der Waals surface area contributed by atoms with Crippen LogP contribution in [0.25, 0.3) is 0 Å². The van der Waals surface area contributed by atoms with Crippen molar-refractivity contribution >= 4 is 5.91 Å². The molecule has 4 heteroatoms. The van der Waals surface area contributed by atoms with Crippen LogP contribution in [0.1, 0.15) is 27.2 Å². The first-order valence-electron chi connectivity index (χ1n) is 6.57. The highest BCUT2D eigenvalue weighted by molar-refractivity contribution is 5.82. The number of carbonyl (C=O) groups is 1. The summed E-state index contributed by atoms with van der Waals surface area (Å²) in [5, 5.41) is 3.30. The lowest BCUT2D eigenvalue weighted by Gasteiger charge is -2.28. The molecule has 1 amide bonds. The summed E-state index contributed by atoms with van der Waals surface area (Å²) in [5.74, 6) is 1.17. The molecule has 100 valence electrons. The van der Waals surface area contributed by atoms with Crippen molar-refractivity contribution in [3.63, 3.8) is 0 Å². The van der Waals surface area contributed by atoms with Crippen LogP contribution < -0.4 is 5.32 Å². The number of hydrogen-bond acceptors (Lipinski definition) is 3. The van der Waals surface area contributed by atoms with Crippen LogP contribution in [-0.4, -0.2) is 50.2 Å². The van der Waals surface area contributed by atoms with E-state index in [4.69, 9.17) is 4.74 Å². The Morgan fingerprint density at radius 2 is 2.24 bits per heavy atom. The van der Waals surface area contributed by atoms with Gasteiger partial charge in [0.1, 0.15) is 0 Å². The van der Waals surface area contributed by atoms with E-state index in [9.17, 15) is 4.79 Å². The van der Waals surface area contributed by atoms with Crippen LogP contribution in [0, 0.1) is 11.8 Å². The smallest absolute Gasteiger partial charge is 0.240 e. The molecule has 2 unspecified atom stereocenters. The second-order valence-corrected chi connectivity index (χ2v) is 5.37. The van der Waals surface area contributed by atoms with E-state index < -0.39 is 0 Å². The Morgan fingerprint density at radius 1 is 1.53 bits per heavy atom. The van der Waals surface area contributed by atoms with E-state index in [2.05, 4.69) is 26.1 Å². The van der Waals surface area contributed by atoms with Crippen molar-refractivity contribution in [2.45, 2.75) is 33.2 Å². The number of hydrogen-bond donors (Lipinski definition) is 1. The van der Waals surface area contributed by atoms with Gasteiger partial charge in [0.05, 0.1) is 12.6 Å². The average molecular weight is 242 g/mol. The second-order valence-electron chi connectivity index (χ2n) is 5.37. The standard InChI is InChI=1S/C13H26N2O2/c1-10(2)9-15(7-8-17-4)13(16)12-11(3)5-6-14-12/h10-12,14H,5-9H2,1-4H3. The summed E-state index contributed by atoms with van der Waals surface area (Å²) in [6.07, 6.45) is 1.09. The zero-order valence-electron chi connectivity index (χ0n) is 11.5. The first-order chi connectivity index (χ1) is 8.06. The molecule has 1 aliphatic rings. The van der Waals surface area contributed by atoms with E-state index in [1.165, 1.54) is 0 Å². The van der Waals surface area contributed by atoms with Gasteiger partial charge in [0, 0.05) is 20.2 Å². The first-order valence-corrected chi connectivity index (χ1v) is 6.57. The summed E-state index contributed by atoms with van der Waals surface area (Å²) < 4.78 is 5.08. The lowest BCUT2D eigenvalue weighted by molar-refractivity contribution is -0.135. The van der Waals surface area contributed by atoms with Crippen LogP contribution >= 0.6 is 0 Å². The van der Waals surface area contributed by atoms with Crippen molar-refractivity contribution in [2.75, 3.05) is 33.4 Å². The fraction of sp³-hybridized carbons (Fsp3) is 0.923. The number of ether oxygens (including phenoxy) is 1. The third kappa shape index (κ3) is 4.28. The van der Waals surface area contributed by atoms with Gasteiger partial charge in [-0.2, -0.15) is 0 Å². The Hall–Kier alpha value is -0.610. The lowest BCUT2D eigenvalue weighted by atomic mass is 10.0. The summed E-state index contributed by atoms with van der Waals surface area (Å²) in [6, 6.07) is 0.00519. The highest BCUT2D eigenvalue weighted by atomic mass is 16.5. The highest BCUT2D eigenvalue weighted by Gasteiger charge is 2.32. The maximum Gasteiger partial charge on any atom is 0.240 e. The minimum absolute atomic E-state index is 0.00519. The quantitative estimate of drug-likeness (QED) is 0.759. The van der Waals surface area contributed by atoms with Crippen LogP contribution in [0.3, 0.4) is 0 Å². The SMILES string of the molecule is COCCN(CC(C)C)C(=O)C1NCCC1C. The molecule has 0 aromatic rings. The molecule has 0 bridgehead atoms. The molecular formula is C13H26N2O2. The Morgan fingerprint density at radius 3 is 2.71 bits per heavy atom. The van der Waals surface area contributed by atoms with Crippen LogP contribution in [0.4, 0.5) is 0 Å². The van der Waals surface area contributed by atoms with Gasteiger partial charge in [0.2, 0.25) is 5.91 Å². The van der Waals surface area contributed by atoms with E-state index in [1.807, 2.05) is 4.90 Å². The predicted molar refractivity (Wildman–Crippen MR) is 68.9 cm³/mol. The van der Waals surface area contributed by atoms with Crippen LogP contribution in [0.2, 0.25) is 0 Å². The fourth-order valence-electron chi connectivity index (χ4n) is 2.30. The Bertz CT molecular complexity index is 244. The molecule has 0 radical (unpaired) electrons. The summed E-state index contributed by atoms with van der Waals surface area (Å²) in [5.41, 5.74) is 0. The first kappa shape index (κ1) is 14.5. The molecular weight excluding hydrogens is 216 g/mol. The van der Waals surface area contributed by atoms with Gasteiger partial charge < -0.3 is 15.0 Å². The average Bonchev–Trinajstić information content (AvgIpc) is 2.69. The van der Waals surface area contributed by atoms with Crippen LogP contribution in [0.5, 0.6) is 0 Å². The van der Waals surface area contributed by atoms with E-state index in [-0.39, 0.29) is 11.9 Å². The van der Waals surface area contributed by atoms with E-state index in [0.717, 1.165) is 19.5 Å². The number of methoxy groups -OCH3 is 1. The van der Waals surface area contributed by atoms with Gasteiger partial charge in [0.25, 0.3) is 0 Å². The molecule has 1 saturated heterocycles. The minimum atomic E-state index is 0.00519. The maximum atomic E-state index is 12.4. The predicted octanol–water partition coefficient (Wildman–Crippen LogP) is 1.12. The molecule has 1 rings (SSSR count). The molecule has 0 spiro atoms. The topological polar surface area (TPSA) is 41.6 Å². The van der Waals surface area contributed by atoms with Crippen molar-refractivity contribution in [1.29, 1.82) is 0 Å². The van der Waals surface area contributed by atoms with Crippen LogP contribution in [0.15, 0.2) is 0 Å². The molecule has 4 nitrogen and oxygen atoms in total. The largest absolute Gasteiger partial charge is 0.383 e. The third-order valence-corrected chi connectivity index (χ3v) is 3.26. The van der Waals surface area contributed by atoms with Crippen molar-refractivity contribution < 1.29 is 9.53 Å². The van der Waals surface area contributed by atoms with Gasteiger partial charge in [-0.15, -0.1) is 0 Å². The molecule has 1 N–H and O–H groups in total. The number of amides is 1. The normalized spacial score (nSPS) is 24.3. The number of carbonyl (C=O) groups excluding carboxylic acids is 1. The van der Waals surface area contributed by atoms with Gasteiger partial charge in [-0.3, -0.25) is 4.79 Å². The number of rotatable bonds is 6. The zero-order chi connectivity index (χ0) is 12.8. The summed E-state index contributed by atoms with van der Waals surface area (Å²) in [7, 11) is 1.68. The fourth-order valence-corrected chi connectivity index (χ4v) is 2.30. The van der Waals surface area contributed by atoms with Crippen molar-refractivity contribution in [2.24, 2.45) is 11.8 Å². The summed E-state index contributed by atoms with van der Waals surface area (Å²) in [6.45, 7) is 9.49. The monoisotopic (exact) mass is 242 g/mol. The van der Waals surface area contributed by atoms with Gasteiger partial charge in [-0.1, -0.05) is 20.8 Å². The molecule has 1 heterocycles. The molecule has 1 aliphatic heterocycles. The van der Waals surface area contributed by atoms with Crippen molar-refractivity contribution in [3.8, 4) is 0 Å². The van der Waals surface area contributed by atoms with Gasteiger partial charge in [-0.05, 0) is 24.8 Å².